The summed E-state index contributed by atoms with van der Waals surface area (Å²) in [5, 5.41) is 9.57. The van der Waals surface area contributed by atoms with Gasteiger partial charge in [-0.2, -0.15) is 5.26 Å². The van der Waals surface area contributed by atoms with E-state index in [0.29, 0.717) is 16.3 Å². The molecule has 94 valence electrons. The fraction of sp³-hybridized carbons (Fsp3) is 0.385. The summed E-state index contributed by atoms with van der Waals surface area (Å²) in [7, 11) is 1.38. The minimum Gasteiger partial charge on any atom is -0.467 e. The third kappa shape index (κ3) is 2.14. The lowest BCUT2D eigenvalue weighted by molar-refractivity contribution is -0.141. The number of anilines is 1. The highest BCUT2D eigenvalue weighted by atomic mass is 35.5. The van der Waals surface area contributed by atoms with Gasteiger partial charge in [0.2, 0.25) is 0 Å². The predicted octanol–water partition coefficient (Wildman–Crippen LogP) is 2.35. The number of nitrogens with zero attached hydrogens (tertiary/aromatic N) is 2. The van der Waals surface area contributed by atoms with Gasteiger partial charge >= 0.3 is 5.97 Å². The first-order chi connectivity index (χ1) is 8.69. The minimum absolute atomic E-state index is 0.267. The Morgan fingerprint density at radius 2 is 2.39 bits per heavy atom. The van der Waals surface area contributed by atoms with Crippen molar-refractivity contribution in [2.75, 3.05) is 18.6 Å². The van der Waals surface area contributed by atoms with E-state index in [1.807, 2.05) is 11.0 Å². The van der Waals surface area contributed by atoms with Crippen molar-refractivity contribution in [1.29, 1.82) is 5.26 Å². The Balaban J connectivity index is 2.40. The molecular formula is C13H13ClN2O2. The van der Waals surface area contributed by atoms with Gasteiger partial charge in [-0.05, 0) is 25.0 Å². The summed E-state index contributed by atoms with van der Waals surface area (Å²) in [5.74, 6) is -0.267. The van der Waals surface area contributed by atoms with E-state index in [1.165, 1.54) is 7.11 Å². The summed E-state index contributed by atoms with van der Waals surface area (Å²) in [6.45, 7) is 0.731. The standard InChI is InChI=1S/C13H13ClN2O2/c1-18-13(17)12-6-3-7-16(12)11-5-2-4-10(14)9(11)8-15/h2,4-5,12H,3,6-7H2,1H3. The zero-order valence-corrected chi connectivity index (χ0v) is 10.8. The first kappa shape index (κ1) is 12.7. The Kier molecular flexibility index (Phi) is 3.73. The summed E-state index contributed by atoms with van der Waals surface area (Å²) in [6.07, 6.45) is 1.64. The zero-order valence-electron chi connectivity index (χ0n) is 10.0. The fourth-order valence-corrected chi connectivity index (χ4v) is 2.51. The van der Waals surface area contributed by atoms with E-state index >= 15 is 0 Å². The lowest BCUT2D eigenvalue weighted by atomic mass is 10.1. The first-order valence-corrected chi connectivity index (χ1v) is 6.10. The maximum atomic E-state index is 11.7. The van der Waals surface area contributed by atoms with Crippen LogP contribution < -0.4 is 4.90 Å². The number of carbonyl (C=O) groups excluding carboxylic acids is 1. The van der Waals surface area contributed by atoms with Crippen LogP contribution >= 0.6 is 11.6 Å². The normalized spacial score (nSPS) is 18.5. The first-order valence-electron chi connectivity index (χ1n) is 5.72. The van der Waals surface area contributed by atoms with Crippen molar-refractivity contribution >= 4 is 23.3 Å². The third-order valence-corrected chi connectivity index (χ3v) is 3.45. The van der Waals surface area contributed by atoms with Crippen molar-refractivity contribution < 1.29 is 9.53 Å². The molecule has 0 aliphatic carbocycles. The van der Waals surface area contributed by atoms with Gasteiger partial charge in [0.05, 0.1) is 23.4 Å². The van der Waals surface area contributed by atoms with Crippen molar-refractivity contribution in [3.63, 3.8) is 0 Å². The molecule has 1 aromatic carbocycles. The number of esters is 1. The van der Waals surface area contributed by atoms with Gasteiger partial charge in [0.25, 0.3) is 0 Å². The molecule has 1 aliphatic rings. The number of carbonyl (C=O) groups is 1. The van der Waals surface area contributed by atoms with Crippen LogP contribution in [0.4, 0.5) is 5.69 Å². The molecule has 0 bridgehead atoms. The summed E-state index contributed by atoms with van der Waals surface area (Å²) < 4.78 is 4.79. The quantitative estimate of drug-likeness (QED) is 0.770. The van der Waals surface area contributed by atoms with Crippen molar-refractivity contribution in [1.82, 2.24) is 0 Å². The molecule has 4 nitrogen and oxygen atoms in total. The Bertz CT molecular complexity index is 510. The van der Waals surface area contributed by atoms with Crippen molar-refractivity contribution in [3.05, 3.63) is 28.8 Å². The average molecular weight is 265 g/mol. The van der Waals surface area contributed by atoms with E-state index in [9.17, 15) is 4.79 Å². The Hall–Kier alpha value is -1.73. The molecule has 0 radical (unpaired) electrons. The highest BCUT2D eigenvalue weighted by Gasteiger charge is 2.33. The van der Waals surface area contributed by atoms with E-state index < -0.39 is 0 Å². The van der Waals surface area contributed by atoms with Gasteiger partial charge in [-0.3, -0.25) is 0 Å². The highest BCUT2D eigenvalue weighted by Crippen LogP contribution is 2.32. The van der Waals surface area contributed by atoms with Gasteiger partial charge in [-0.15, -0.1) is 0 Å². The number of halogens is 1. The average Bonchev–Trinajstić information content (AvgIpc) is 2.86. The number of benzene rings is 1. The molecule has 1 unspecified atom stereocenters. The molecule has 1 aliphatic heterocycles. The van der Waals surface area contributed by atoms with Crippen LogP contribution in [0.5, 0.6) is 0 Å². The number of methoxy groups -OCH3 is 1. The Morgan fingerprint density at radius 1 is 1.61 bits per heavy atom. The SMILES string of the molecule is COC(=O)C1CCCN1c1cccc(Cl)c1C#N. The molecule has 1 atom stereocenters. The second-order valence-corrected chi connectivity index (χ2v) is 4.53. The van der Waals surface area contributed by atoms with Crippen LogP contribution in [0.25, 0.3) is 0 Å². The van der Waals surface area contributed by atoms with Crippen LogP contribution in [0.1, 0.15) is 18.4 Å². The second kappa shape index (κ2) is 5.28. The van der Waals surface area contributed by atoms with Gasteiger partial charge in [-0.1, -0.05) is 17.7 Å². The zero-order chi connectivity index (χ0) is 13.1. The molecule has 0 saturated carbocycles. The van der Waals surface area contributed by atoms with Crippen LogP contribution in [0.2, 0.25) is 5.02 Å². The predicted molar refractivity (Wildman–Crippen MR) is 68.6 cm³/mol. The molecule has 1 aromatic rings. The number of rotatable bonds is 2. The molecular weight excluding hydrogens is 252 g/mol. The summed E-state index contributed by atoms with van der Waals surface area (Å²) in [5.41, 5.74) is 1.12. The molecule has 18 heavy (non-hydrogen) atoms. The maximum absolute atomic E-state index is 11.7. The van der Waals surface area contributed by atoms with Crippen LogP contribution in [-0.4, -0.2) is 25.7 Å². The summed E-state index contributed by atoms with van der Waals surface area (Å²) in [4.78, 5) is 13.6. The lowest BCUT2D eigenvalue weighted by Crippen LogP contribution is -2.37. The van der Waals surface area contributed by atoms with E-state index in [0.717, 1.165) is 19.4 Å². The molecule has 2 rings (SSSR count). The van der Waals surface area contributed by atoms with E-state index in [-0.39, 0.29) is 12.0 Å². The molecule has 5 heteroatoms. The fourth-order valence-electron chi connectivity index (χ4n) is 2.30. The molecule has 0 amide bonds. The van der Waals surface area contributed by atoms with Gasteiger partial charge in [-0.25, -0.2) is 4.79 Å². The minimum atomic E-state index is -0.319. The molecule has 1 heterocycles. The van der Waals surface area contributed by atoms with Gasteiger partial charge in [0, 0.05) is 6.54 Å². The molecule has 0 N–H and O–H groups in total. The Morgan fingerprint density at radius 3 is 3.06 bits per heavy atom. The lowest BCUT2D eigenvalue weighted by Gasteiger charge is -2.25. The summed E-state index contributed by atoms with van der Waals surface area (Å²) >= 11 is 6.00. The molecule has 0 aromatic heterocycles. The Labute approximate surface area is 111 Å². The molecule has 1 fully saturated rings. The highest BCUT2D eigenvalue weighted by molar-refractivity contribution is 6.32. The second-order valence-electron chi connectivity index (χ2n) is 4.12. The summed E-state index contributed by atoms with van der Waals surface area (Å²) in [6, 6.07) is 7.04. The van der Waals surface area contributed by atoms with Crippen molar-refractivity contribution in [3.8, 4) is 6.07 Å². The number of nitriles is 1. The number of hydrogen-bond donors (Lipinski definition) is 0. The molecule has 1 saturated heterocycles. The monoisotopic (exact) mass is 264 g/mol. The maximum Gasteiger partial charge on any atom is 0.328 e. The van der Waals surface area contributed by atoms with E-state index in [4.69, 9.17) is 21.6 Å². The van der Waals surface area contributed by atoms with Gasteiger partial charge in [0.1, 0.15) is 12.1 Å². The number of ether oxygens (including phenoxy) is 1. The van der Waals surface area contributed by atoms with Crippen molar-refractivity contribution in [2.24, 2.45) is 0 Å². The van der Waals surface area contributed by atoms with Crippen LogP contribution in [0.15, 0.2) is 18.2 Å². The van der Waals surface area contributed by atoms with Crippen molar-refractivity contribution in [2.45, 2.75) is 18.9 Å². The van der Waals surface area contributed by atoms with Gasteiger partial charge in [0.15, 0.2) is 0 Å². The molecule has 0 spiro atoms. The van der Waals surface area contributed by atoms with Crippen LogP contribution in [-0.2, 0) is 9.53 Å². The van der Waals surface area contributed by atoms with Crippen LogP contribution in [0, 0.1) is 11.3 Å². The van der Waals surface area contributed by atoms with Gasteiger partial charge < -0.3 is 9.64 Å². The van der Waals surface area contributed by atoms with E-state index in [2.05, 4.69) is 6.07 Å². The van der Waals surface area contributed by atoms with Crippen LogP contribution in [0.3, 0.4) is 0 Å². The van der Waals surface area contributed by atoms with E-state index in [1.54, 1.807) is 12.1 Å². The third-order valence-electron chi connectivity index (χ3n) is 3.14. The smallest absolute Gasteiger partial charge is 0.328 e. The number of hydrogen-bond acceptors (Lipinski definition) is 4. The largest absolute Gasteiger partial charge is 0.467 e. The topological polar surface area (TPSA) is 53.3 Å².